The maximum Gasteiger partial charge on any atom is 0.216 e. The summed E-state index contributed by atoms with van der Waals surface area (Å²) in [5.41, 5.74) is 1.45. The minimum Gasteiger partial charge on any atom is -0.339 e. The summed E-state index contributed by atoms with van der Waals surface area (Å²) >= 11 is 6.00. The highest BCUT2D eigenvalue weighted by Crippen LogP contribution is 2.27. The first-order valence-corrected chi connectivity index (χ1v) is 5.48. The second-order valence-electron chi connectivity index (χ2n) is 3.74. The standard InChI is InChI=1S/C12H6ClF2N3/c13-8-1-2-16-12-7(8)5-9(17-12)6-3-10(14)18-11(15)4-6/h1-5H,(H,16,17). The van der Waals surface area contributed by atoms with Crippen molar-refractivity contribution in [3.63, 3.8) is 0 Å². The van der Waals surface area contributed by atoms with Crippen molar-refractivity contribution in [2.45, 2.75) is 0 Å². The Morgan fingerprint density at radius 1 is 1.11 bits per heavy atom. The van der Waals surface area contributed by atoms with Gasteiger partial charge in [-0.25, -0.2) is 4.98 Å². The van der Waals surface area contributed by atoms with Crippen LogP contribution in [0.1, 0.15) is 0 Å². The Morgan fingerprint density at radius 2 is 1.83 bits per heavy atom. The third kappa shape index (κ3) is 1.82. The van der Waals surface area contributed by atoms with Crippen LogP contribution in [0.15, 0.2) is 30.5 Å². The topological polar surface area (TPSA) is 41.6 Å². The molecule has 0 spiro atoms. The molecule has 1 N–H and O–H groups in total. The van der Waals surface area contributed by atoms with E-state index in [4.69, 9.17) is 11.6 Å². The molecule has 3 nitrogen and oxygen atoms in total. The Bertz CT molecular complexity index is 719. The van der Waals surface area contributed by atoms with Gasteiger partial charge in [0.15, 0.2) is 0 Å². The quantitative estimate of drug-likeness (QED) is 0.684. The predicted octanol–water partition coefficient (Wildman–Crippen LogP) is 3.56. The molecule has 0 radical (unpaired) electrons. The van der Waals surface area contributed by atoms with Gasteiger partial charge in [0.2, 0.25) is 11.9 Å². The molecule has 6 heteroatoms. The molecule has 3 heterocycles. The highest BCUT2D eigenvalue weighted by Gasteiger charge is 2.09. The summed E-state index contributed by atoms with van der Waals surface area (Å²) in [6.07, 6.45) is 1.55. The largest absolute Gasteiger partial charge is 0.339 e. The predicted molar refractivity (Wildman–Crippen MR) is 64.3 cm³/mol. The maximum atomic E-state index is 13.0. The van der Waals surface area contributed by atoms with Crippen molar-refractivity contribution in [1.82, 2.24) is 15.0 Å². The second kappa shape index (κ2) is 4.03. The van der Waals surface area contributed by atoms with Crippen molar-refractivity contribution < 1.29 is 8.78 Å². The van der Waals surface area contributed by atoms with Crippen molar-refractivity contribution in [1.29, 1.82) is 0 Å². The monoisotopic (exact) mass is 265 g/mol. The van der Waals surface area contributed by atoms with Crippen LogP contribution in [0.5, 0.6) is 0 Å². The van der Waals surface area contributed by atoms with Crippen LogP contribution in [0.25, 0.3) is 22.3 Å². The fraction of sp³-hybridized carbons (Fsp3) is 0. The van der Waals surface area contributed by atoms with E-state index in [2.05, 4.69) is 15.0 Å². The highest BCUT2D eigenvalue weighted by molar-refractivity contribution is 6.35. The summed E-state index contributed by atoms with van der Waals surface area (Å²) in [4.78, 5) is 10.1. The van der Waals surface area contributed by atoms with Gasteiger partial charge in [-0.1, -0.05) is 11.6 Å². The molecule has 0 amide bonds. The number of H-pyrrole nitrogens is 1. The molecule has 90 valence electrons. The number of nitrogens with one attached hydrogen (secondary N) is 1. The van der Waals surface area contributed by atoms with E-state index in [1.165, 1.54) is 0 Å². The van der Waals surface area contributed by atoms with Gasteiger partial charge in [0, 0.05) is 35.0 Å². The van der Waals surface area contributed by atoms with Gasteiger partial charge in [-0.15, -0.1) is 0 Å². The fourth-order valence-corrected chi connectivity index (χ4v) is 1.97. The Hall–Kier alpha value is -2.01. The average Bonchev–Trinajstić information content (AvgIpc) is 2.73. The molecular formula is C12H6ClF2N3. The lowest BCUT2D eigenvalue weighted by Gasteiger charge is -1.97. The summed E-state index contributed by atoms with van der Waals surface area (Å²) in [6, 6.07) is 5.62. The molecular weight excluding hydrogens is 260 g/mol. The van der Waals surface area contributed by atoms with E-state index in [1.54, 1.807) is 18.3 Å². The smallest absolute Gasteiger partial charge is 0.216 e. The maximum absolute atomic E-state index is 13.0. The van der Waals surface area contributed by atoms with Crippen molar-refractivity contribution >= 4 is 22.6 Å². The number of aromatic nitrogens is 3. The van der Waals surface area contributed by atoms with E-state index in [0.29, 0.717) is 27.3 Å². The average molecular weight is 266 g/mol. The van der Waals surface area contributed by atoms with Crippen LogP contribution in [0.3, 0.4) is 0 Å². The molecule has 3 rings (SSSR count). The number of hydrogen-bond donors (Lipinski definition) is 1. The molecule has 0 unspecified atom stereocenters. The molecule has 0 atom stereocenters. The molecule has 18 heavy (non-hydrogen) atoms. The number of halogens is 3. The van der Waals surface area contributed by atoms with Crippen LogP contribution in [0.4, 0.5) is 8.78 Å². The van der Waals surface area contributed by atoms with Crippen LogP contribution in [-0.4, -0.2) is 15.0 Å². The number of aromatic amines is 1. The van der Waals surface area contributed by atoms with E-state index in [0.717, 1.165) is 12.1 Å². The molecule has 0 saturated carbocycles. The first kappa shape index (κ1) is 11.1. The first-order chi connectivity index (χ1) is 8.63. The summed E-state index contributed by atoms with van der Waals surface area (Å²) in [7, 11) is 0. The molecule has 0 saturated heterocycles. The number of rotatable bonds is 1. The molecule has 0 aromatic carbocycles. The van der Waals surface area contributed by atoms with Crippen LogP contribution in [0.2, 0.25) is 5.02 Å². The lowest BCUT2D eigenvalue weighted by atomic mass is 10.2. The highest BCUT2D eigenvalue weighted by atomic mass is 35.5. The van der Waals surface area contributed by atoms with Crippen LogP contribution in [0, 0.1) is 11.9 Å². The van der Waals surface area contributed by atoms with Gasteiger partial charge in [0.25, 0.3) is 0 Å². The molecule has 0 aliphatic rings. The van der Waals surface area contributed by atoms with Crippen molar-refractivity contribution in [3.05, 3.63) is 47.4 Å². The lowest BCUT2D eigenvalue weighted by Crippen LogP contribution is -1.89. The van der Waals surface area contributed by atoms with E-state index in [1.807, 2.05) is 0 Å². The van der Waals surface area contributed by atoms with Crippen molar-refractivity contribution in [2.24, 2.45) is 0 Å². The molecule has 0 aliphatic carbocycles. The van der Waals surface area contributed by atoms with Crippen molar-refractivity contribution in [2.75, 3.05) is 0 Å². The van der Waals surface area contributed by atoms with Crippen LogP contribution in [-0.2, 0) is 0 Å². The third-order valence-electron chi connectivity index (χ3n) is 2.55. The van der Waals surface area contributed by atoms with Gasteiger partial charge in [-0.05, 0) is 12.1 Å². The van der Waals surface area contributed by atoms with Gasteiger partial charge in [-0.2, -0.15) is 13.8 Å². The van der Waals surface area contributed by atoms with E-state index >= 15 is 0 Å². The number of hydrogen-bond acceptors (Lipinski definition) is 2. The second-order valence-corrected chi connectivity index (χ2v) is 4.15. The van der Waals surface area contributed by atoms with Gasteiger partial charge in [0.05, 0.1) is 5.02 Å². The van der Waals surface area contributed by atoms with E-state index in [-0.39, 0.29) is 0 Å². The number of fused-ring (bicyclic) bond motifs is 1. The lowest BCUT2D eigenvalue weighted by molar-refractivity contribution is 0.513. The Morgan fingerprint density at radius 3 is 2.50 bits per heavy atom. The zero-order chi connectivity index (χ0) is 12.7. The molecule has 3 aromatic heterocycles. The normalized spacial score (nSPS) is 11.1. The van der Waals surface area contributed by atoms with E-state index in [9.17, 15) is 8.78 Å². The Balaban J connectivity index is 2.22. The van der Waals surface area contributed by atoms with Gasteiger partial charge in [-0.3, -0.25) is 0 Å². The summed E-state index contributed by atoms with van der Waals surface area (Å²) in [6.45, 7) is 0. The van der Waals surface area contributed by atoms with Gasteiger partial charge < -0.3 is 4.98 Å². The molecule has 0 aliphatic heterocycles. The Kier molecular flexibility index (Phi) is 2.48. The summed E-state index contributed by atoms with van der Waals surface area (Å²) < 4.78 is 26.1. The van der Waals surface area contributed by atoms with E-state index < -0.39 is 11.9 Å². The SMILES string of the molecule is Fc1cc(-c2cc3c(Cl)ccnc3[nH]2)cc(F)n1. The molecule has 0 fully saturated rings. The number of nitrogens with zero attached hydrogens (tertiary/aromatic N) is 2. The van der Waals surface area contributed by atoms with Gasteiger partial charge >= 0.3 is 0 Å². The van der Waals surface area contributed by atoms with Crippen LogP contribution < -0.4 is 0 Å². The van der Waals surface area contributed by atoms with Gasteiger partial charge in [0.1, 0.15) is 5.65 Å². The third-order valence-corrected chi connectivity index (χ3v) is 2.88. The van der Waals surface area contributed by atoms with Crippen LogP contribution >= 0.6 is 11.6 Å². The van der Waals surface area contributed by atoms with Crippen molar-refractivity contribution in [3.8, 4) is 11.3 Å². The molecule has 3 aromatic rings. The minimum absolute atomic E-state index is 0.356. The minimum atomic E-state index is -0.872. The summed E-state index contributed by atoms with van der Waals surface area (Å²) in [5, 5.41) is 1.23. The fourth-order valence-electron chi connectivity index (χ4n) is 1.77. The molecule has 0 bridgehead atoms. The summed E-state index contributed by atoms with van der Waals surface area (Å²) in [5.74, 6) is -1.74. The Labute approximate surface area is 105 Å². The zero-order valence-electron chi connectivity index (χ0n) is 8.92. The first-order valence-electron chi connectivity index (χ1n) is 5.10. The number of pyridine rings is 2. The zero-order valence-corrected chi connectivity index (χ0v) is 9.67.